The van der Waals surface area contributed by atoms with Crippen LogP contribution in [0.1, 0.15) is 5.56 Å². The predicted molar refractivity (Wildman–Crippen MR) is 50.9 cm³/mol. The van der Waals surface area contributed by atoms with Crippen LogP contribution >= 0.6 is 0 Å². The van der Waals surface area contributed by atoms with E-state index in [1.54, 1.807) is 6.20 Å². The first-order valence-corrected chi connectivity index (χ1v) is 3.82. The Labute approximate surface area is 74.8 Å². The second kappa shape index (κ2) is 2.55. The Kier molecular flexibility index (Phi) is 1.51. The van der Waals surface area contributed by atoms with Crippen molar-refractivity contribution in [3.05, 3.63) is 17.8 Å². The Morgan fingerprint density at radius 3 is 2.77 bits per heavy atom. The molecule has 5 nitrogen and oxygen atoms in total. The molecule has 13 heavy (non-hydrogen) atoms. The van der Waals surface area contributed by atoms with E-state index >= 15 is 0 Å². The van der Waals surface area contributed by atoms with Crippen molar-refractivity contribution in [1.82, 2.24) is 15.0 Å². The summed E-state index contributed by atoms with van der Waals surface area (Å²) in [6.45, 7) is 1.89. The van der Waals surface area contributed by atoms with Crippen molar-refractivity contribution in [3.63, 3.8) is 0 Å². The minimum absolute atomic E-state index is 0.211. The van der Waals surface area contributed by atoms with Crippen LogP contribution in [0.5, 0.6) is 0 Å². The molecule has 0 saturated heterocycles. The van der Waals surface area contributed by atoms with Gasteiger partial charge in [-0.05, 0) is 18.6 Å². The number of nitrogen functional groups attached to an aromatic ring is 2. The van der Waals surface area contributed by atoms with Crippen LogP contribution in [0.2, 0.25) is 0 Å². The average molecular weight is 175 g/mol. The Bertz CT molecular complexity index is 465. The van der Waals surface area contributed by atoms with Crippen molar-refractivity contribution in [3.8, 4) is 0 Å². The summed E-state index contributed by atoms with van der Waals surface area (Å²) in [5, 5.41) is 0.848. The summed E-state index contributed by atoms with van der Waals surface area (Å²) >= 11 is 0. The van der Waals surface area contributed by atoms with Crippen LogP contribution in [-0.4, -0.2) is 15.0 Å². The van der Waals surface area contributed by atoms with E-state index in [1.807, 2.05) is 13.0 Å². The van der Waals surface area contributed by atoms with Crippen molar-refractivity contribution in [2.75, 3.05) is 11.5 Å². The van der Waals surface area contributed by atoms with Crippen LogP contribution in [-0.2, 0) is 0 Å². The normalized spacial score (nSPS) is 10.5. The van der Waals surface area contributed by atoms with Gasteiger partial charge in [0.25, 0.3) is 0 Å². The summed E-state index contributed by atoms with van der Waals surface area (Å²) in [6, 6.07) is 1.89. The maximum Gasteiger partial charge on any atom is 0.222 e. The number of nitrogens with two attached hydrogens (primary N) is 2. The quantitative estimate of drug-likeness (QED) is 0.608. The van der Waals surface area contributed by atoms with Crippen LogP contribution in [0.25, 0.3) is 11.0 Å². The van der Waals surface area contributed by atoms with Gasteiger partial charge in [0.1, 0.15) is 5.82 Å². The van der Waals surface area contributed by atoms with E-state index in [0.29, 0.717) is 11.5 Å². The molecule has 66 valence electrons. The molecule has 0 aliphatic carbocycles. The molecule has 2 aromatic rings. The molecule has 0 unspecified atom stereocenters. The number of nitrogens with zero attached hydrogens (tertiary/aromatic N) is 3. The molecule has 5 heteroatoms. The van der Waals surface area contributed by atoms with Gasteiger partial charge in [-0.15, -0.1) is 0 Å². The molecule has 2 rings (SSSR count). The lowest BCUT2D eigenvalue weighted by atomic mass is 10.2. The molecule has 0 radical (unpaired) electrons. The van der Waals surface area contributed by atoms with E-state index in [2.05, 4.69) is 15.0 Å². The molecule has 0 aromatic carbocycles. The van der Waals surface area contributed by atoms with Gasteiger partial charge in [0.2, 0.25) is 5.95 Å². The van der Waals surface area contributed by atoms with Crippen LogP contribution in [0.3, 0.4) is 0 Å². The van der Waals surface area contributed by atoms with Gasteiger partial charge in [-0.1, -0.05) is 0 Å². The third-order valence-corrected chi connectivity index (χ3v) is 1.82. The average Bonchev–Trinajstić information content (AvgIpc) is 2.08. The summed E-state index contributed by atoms with van der Waals surface area (Å²) in [6.07, 6.45) is 1.64. The number of pyridine rings is 1. The van der Waals surface area contributed by atoms with Crippen LogP contribution in [0, 0.1) is 6.92 Å². The Hall–Kier alpha value is -1.91. The number of rotatable bonds is 0. The first-order valence-electron chi connectivity index (χ1n) is 3.82. The van der Waals surface area contributed by atoms with Crippen LogP contribution in [0.4, 0.5) is 11.8 Å². The molecule has 0 aliphatic rings. The molecule has 2 heterocycles. The van der Waals surface area contributed by atoms with Gasteiger partial charge in [-0.2, -0.15) is 4.98 Å². The highest BCUT2D eigenvalue weighted by molar-refractivity contribution is 5.77. The molecule has 0 spiro atoms. The predicted octanol–water partition coefficient (Wildman–Crippen LogP) is 0.498. The number of hydrogen-bond acceptors (Lipinski definition) is 5. The van der Waals surface area contributed by atoms with Crippen molar-refractivity contribution < 1.29 is 0 Å². The molecular formula is C8H9N5. The van der Waals surface area contributed by atoms with Gasteiger partial charge in [0.05, 0.1) is 0 Å². The minimum Gasteiger partial charge on any atom is -0.383 e. The van der Waals surface area contributed by atoms with Crippen LogP contribution < -0.4 is 11.5 Å². The third kappa shape index (κ3) is 1.24. The fraction of sp³-hybridized carbons (Fsp3) is 0.125. The molecular weight excluding hydrogens is 166 g/mol. The molecule has 0 bridgehead atoms. The van der Waals surface area contributed by atoms with Crippen LogP contribution in [0.15, 0.2) is 12.3 Å². The zero-order valence-electron chi connectivity index (χ0n) is 7.15. The van der Waals surface area contributed by atoms with E-state index in [4.69, 9.17) is 11.5 Å². The van der Waals surface area contributed by atoms with Crippen molar-refractivity contribution in [2.24, 2.45) is 0 Å². The lowest BCUT2D eigenvalue weighted by molar-refractivity contribution is 1.19. The zero-order valence-corrected chi connectivity index (χ0v) is 7.15. The summed E-state index contributed by atoms with van der Waals surface area (Å²) in [7, 11) is 0. The van der Waals surface area contributed by atoms with Crippen molar-refractivity contribution >= 4 is 22.8 Å². The largest absolute Gasteiger partial charge is 0.383 e. The van der Waals surface area contributed by atoms with Gasteiger partial charge in [0, 0.05) is 11.6 Å². The second-order valence-corrected chi connectivity index (χ2v) is 2.83. The zero-order chi connectivity index (χ0) is 9.42. The third-order valence-electron chi connectivity index (χ3n) is 1.82. The monoisotopic (exact) mass is 175 g/mol. The number of anilines is 2. The molecule has 0 aliphatic heterocycles. The van der Waals surface area contributed by atoms with Gasteiger partial charge in [-0.25, -0.2) is 9.97 Å². The highest BCUT2D eigenvalue weighted by Gasteiger charge is 2.01. The van der Waals surface area contributed by atoms with Gasteiger partial charge < -0.3 is 11.5 Å². The molecule has 0 amide bonds. The van der Waals surface area contributed by atoms with Gasteiger partial charge >= 0.3 is 0 Å². The number of fused-ring (bicyclic) bond motifs is 1. The highest BCUT2D eigenvalue weighted by Crippen LogP contribution is 2.15. The fourth-order valence-electron chi connectivity index (χ4n) is 1.10. The Morgan fingerprint density at radius 1 is 1.23 bits per heavy atom. The standard InChI is InChI=1S/C8H9N5/c1-4-2-5-3-11-8(10)13-7(5)12-6(4)9/h2-3H,1H3,(H4,9,10,11,12,13). The van der Waals surface area contributed by atoms with E-state index < -0.39 is 0 Å². The second-order valence-electron chi connectivity index (χ2n) is 2.83. The molecule has 0 fully saturated rings. The summed E-state index contributed by atoms with van der Waals surface area (Å²) in [5.41, 5.74) is 12.5. The number of aryl methyl sites for hydroxylation is 1. The van der Waals surface area contributed by atoms with Crippen molar-refractivity contribution in [1.29, 1.82) is 0 Å². The van der Waals surface area contributed by atoms with E-state index in [9.17, 15) is 0 Å². The summed E-state index contributed by atoms with van der Waals surface area (Å²) in [4.78, 5) is 11.9. The first kappa shape index (κ1) is 7.72. The summed E-state index contributed by atoms with van der Waals surface area (Å²) < 4.78 is 0. The lowest BCUT2D eigenvalue weighted by Gasteiger charge is -2.01. The first-order chi connectivity index (χ1) is 6.16. The van der Waals surface area contributed by atoms with Gasteiger partial charge in [-0.3, -0.25) is 0 Å². The Balaban J connectivity index is 2.81. The lowest BCUT2D eigenvalue weighted by Crippen LogP contribution is -1.99. The minimum atomic E-state index is 0.211. The Morgan fingerprint density at radius 2 is 2.00 bits per heavy atom. The maximum absolute atomic E-state index is 5.62. The SMILES string of the molecule is Cc1cc2cnc(N)nc2nc1N. The highest BCUT2D eigenvalue weighted by atomic mass is 15.0. The van der Waals surface area contributed by atoms with E-state index in [0.717, 1.165) is 10.9 Å². The number of hydrogen-bond donors (Lipinski definition) is 2. The van der Waals surface area contributed by atoms with E-state index in [1.165, 1.54) is 0 Å². The van der Waals surface area contributed by atoms with Crippen molar-refractivity contribution in [2.45, 2.75) is 6.92 Å². The number of aromatic nitrogens is 3. The molecule has 4 N–H and O–H groups in total. The fourth-order valence-corrected chi connectivity index (χ4v) is 1.10. The molecule has 0 saturated carbocycles. The molecule has 2 aromatic heterocycles. The molecule has 0 atom stereocenters. The summed E-state index contributed by atoms with van der Waals surface area (Å²) in [5.74, 6) is 0.689. The van der Waals surface area contributed by atoms with E-state index in [-0.39, 0.29) is 5.95 Å². The maximum atomic E-state index is 5.62. The topological polar surface area (TPSA) is 90.7 Å². The van der Waals surface area contributed by atoms with Gasteiger partial charge in [0.15, 0.2) is 5.65 Å². The smallest absolute Gasteiger partial charge is 0.222 e.